The summed E-state index contributed by atoms with van der Waals surface area (Å²) in [7, 11) is 0. The van der Waals surface area contributed by atoms with Crippen molar-refractivity contribution in [2.45, 2.75) is 6.54 Å². The first-order chi connectivity index (χ1) is 18.0. The molecule has 0 bridgehead atoms. The van der Waals surface area contributed by atoms with Gasteiger partial charge in [0.05, 0.1) is 22.9 Å². The van der Waals surface area contributed by atoms with Crippen LogP contribution in [0, 0.1) is 0 Å². The number of anilines is 2. The molecule has 5 aromatic rings. The molecule has 184 valence electrons. The number of aromatic nitrogens is 4. The maximum atomic E-state index is 13.0. The molecule has 37 heavy (non-hydrogen) atoms. The van der Waals surface area contributed by atoms with Crippen molar-refractivity contribution in [3.63, 3.8) is 0 Å². The molecule has 3 aromatic carbocycles. The molecule has 11 nitrogen and oxygen atoms in total. The summed E-state index contributed by atoms with van der Waals surface area (Å²) in [6, 6.07) is 20.4. The molecule has 0 aliphatic carbocycles. The lowest BCUT2D eigenvalue weighted by Crippen LogP contribution is -2.28. The predicted molar refractivity (Wildman–Crippen MR) is 139 cm³/mol. The molecule has 0 saturated carbocycles. The fourth-order valence-corrected chi connectivity index (χ4v) is 3.75. The summed E-state index contributed by atoms with van der Waals surface area (Å²) < 4.78 is 1.23. The van der Waals surface area contributed by atoms with Gasteiger partial charge >= 0.3 is 6.03 Å². The van der Waals surface area contributed by atoms with Gasteiger partial charge in [0.2, 0.25) is 0 Å². The Balaban J connectivity index is 1.28. The molecule has 3 amide bonds. The van der Waals surface area contributed by atoms with Crippen molar-refractivity contribution in [2.75, 3.05) is 10.6 Å². The summed E-state index contributed by atoms with van der Waals surface area (Å²) in [4.78, 5) is 56.5. The number of nitrogens with zero attached hydrogens (tertiary/aromatic N) is 2. The molecule has 0 unspecified atom stereocenters. The monoisotopic (exact) mass is 495 g/mol. The van der Waals surface area contributed by atoms with Crippen LogP contribution < -0.4 is 27.1 Å². The van der Waals surface area contributed by atoms with E-state index in [1.54, 1.807) is 42.5 Å². The highest BCUT2D eigenvalue weighted by atomic mass is 16.2. The van der Waals surface area contributed by atoms with Crippen molar-refractivity contribution in [3.05, 3.63) is 117 Å². The van der Waals surface area contributed by atoms with E-state index in [1.165, 1.54) is 23.3 Å². The van der Waals surface area contributed by atoms with Crippen LogP contribution in [0.2, 0.25) is 0 Å². The number of hydrogen-bond donors (Lipinski definition) is 5. The third kappa shape index (κ3) is 5.15. The summed E-state index contributed by atoms with van der Waals surface area (Å²) in [6.07, 6.45) is 2.61. The number of para-hydroxylation sites is 1. The molecule has 0 saturated heterocycles. The number of benzene rings is 3. The van der Waals surface area contributed by atoms with Crippen LogP contribution in [0.3, 0.4) is 0 Å². The molecule has 0 atom stereocenters. The van der Waals surface area contributed by atoms with Gasteiger partial charge in [-0.05, 0) is 48.0 Å². The van der Waals surface area contributed by atoms with Gasteiger partial charge in [0, 0.05) is 24.1 Å². The van der Waals surface area contributed by atoms with E-state index in [0.29, 0.717) is 28.0 Å². The molecule has 5 rings (SSSR count). The lowest BCUT2D eigenvalue weighted by molar-refractivity contribution is 0.102. The minimum Gasteiger partial charge on any atom is -0.334 e. The number of fused-ring (bicyclic) bond motifs is 1. The van der Waals surface area contributed by atoms with Gasteiger partial charge < -0.3 is 20.9 Å². The topological polar surface area (TPSA) is 154 Å². The van der Waals surface area contributed by atoms with Crippen molar-refractivity contribution >= 4 is 34.2 Å². The van der Waals surface area contributed by atoms with Gasteiger partial charge in [-0.3, -0.25) is 19.5 Å². The van der Waals surface area contributed by atoms with Crippen LogP contribution in [0.5, 0.6) is 0 Å². The number of hydrogen-bond acceptors (Lipinski definition) is 5. The van der Waals surface area contributed by atoms with Crippen LogP contribution in [-0.4, -0.2) is 31.7 Å². The number of urea groups is 1. The smallest absolute Gasteiger partial charge is 0.319 e. The third-order valence-corrected chi connectivity index (χ3v) is 5.57. The molecule has 0 aliphatic rings. The van der Waals surface area contributed by atoms with Crippen LogP contribution in [0.1, 0.15) is 15.9 Å². The molecular weight excluding hydrogens is 474 g/mol. The van der Waals surface area contributed by atoms with Gasteiger partial charge in [-0.2, -0.15) is 0 Å². The van der Waals surface area contributed by atoms with Gasteiger partial charge in [-0.25, -0.2) is 14.5 Å². The minimum absolute atomic E-state index is 0.106. The van der Waals surface area contributed by atoms with Crippen molar-refractivity contribution in [1.29, 1.82) is 0 Å². The first-order valence-electron chi connectivity index (χ1n) is 11.3. The Morgan fingerprint density at radius 1 is 0.892 bits per heavy atom. The zero-order valence-electron chi connectivity index (χ0n) is 19.3. The van der Waals surface area contributed by atoms with Crippen LogP contribution >= 0.6 is 0 Å². The highest BCUT2D eigenvalue weighted by molar-refractivity contribution is 6.04. The largest absolute Gasteiger partial charge is 0.334 e. The molecule has 0 fully saturated rings. The number of carbonyl (C=O) groups is 2. The average molecular weight is 495 g/mol. The summed E-state index contributed by atoms with van der Waals surface area (Å²) in [6.45, 7) is 0.227. The number of aromatic amines is 2. The number of nitrogens with one attached hydrogen (secondary N) is 5. The Kier molecular flexibility index (Phi) is 6.32. The summed E-state index contributed by atoms with van der Waals surface area (Å²) in [5.41, 5.74) is 1.76. The zero-order valence-corrected chi connectivity index (χ0v) is 19.3. The predicted octanol–water partition coefficient (Wildman–Crippen LogP) is 2.98. The van der Waals surface area contributed by atoms with E-state index in [9.17, 15) is 19.2 Å². The summed E-state index contributed by atoms with van der Waals surface area (Å²) in [5, 5.41) is 11.3. The Labute approximate surface area is 209 Å². The fraction of sp³-hybridized carbons (Fsp3) is 0.0385. The molecule has 0 spiro atoms. The van der Waals surface area contributed by atoms with E-state index in [1.807, 2.05) is 24.3 Å². The van der Waals surface area contributed by atoms with Gasteiger partial charge in [-0.1, -0.05) is 30.3 Å². The maximum Gasteiger partial charge on any atom is 0.319 e. The third-order valence-electron chi connectivity index (χ3n) is 5.57. The molecule has 0 radical (unpaired) electrons. The Morgan fingerprint density at radius 3 is 2.57 bits per heavy atom. The van der Waals surface area contributed by atoms with Gasteiger partial charge in [0.1, 0.15) is 5.56 Å². The molecule has 0 aliphatic heterocycles. The van der Waals surface area contributed by atoms with Crippen molar-refractivity contribution in [3.8, 4) is 5.69 Å². The number of amides is 3. The Morgan fingerprint density at radius 2 is 1.73 bits per heavy atom. The summed E-state index contributed by atoms with van der Waals surface area (Å²) >= 11 is 0. The Hall–Kier alpha value is -5.45. The lowest BCUT2D eigenvalue weighted by atomic mass is 10.2. The normalized spacial score (nSPS) is 10.7. The van der Waals surface area contributed by atoms with Crippen molar-refractivity contribution < 1.29 is 9.59 Å². The van der Waals surface area contributed by atoms with Crippen LogP contribution in [0.15, 0.2) is 94.9 Å². The van der Waals surface area contributed by atoms with Gasteiger partial charge in [-0.15, -0.1) is 0 Å². The number of carbonyl (C=O) groups excluding carboxylic acids is 2. The van der Waals surface area contributed by atoms with Gasteiger partial charge in [0.25, 0.3) is 17.0 Å². The molecule has 5 N–H and O–H groups in total. The zero-order chi connectivity index (χ0) is 25.8. The minimum atomic E-state index is -0.630. The van der Waals surface area contributed by atoms with Gasteiger partial charge in [0.15, 0.2) is 0 Å². The molecular formula is C26H21N7O4. The van der Waals surface area contributed by atoms with Crippen LogP contribution in [0.4, 0.5) is 16.2 Å². The van der Waals surface area contributed by atoms with E-state index >= 15 is 0 Å². The standard InChI is InChI=1S/C26H21N7O4/c34-23-20-12-18(9-10-22(20)28-15-29-23)31-24(35)21-14-30-33(25(21)36)19-8-4-5-16(11-19)13-27-26(37)32-17-6-2-1-3-7-17/h1-12,14-15,30H,13H2,(H,31,35)(H2,27,32,37)(H,28,29,34). The van der Waals surface area contributed by atoms with Crippen LogP contribution in [0.25, 0.3) is 16.6 Å². The van der Waals surface area contributed by atoms with E-state index < -0.39 is 11.5 Å². The average Bonchev–Trinajstić information content (AvgIpc) is 3.30. The SMILES string of the molecule is O=C(NCc1cccc(-n2[nH]cc(C(=O)Nc3ccc4nc[nH]c(=O)c4c3)c2=O)c1)Nc1ccccc1. The quantitative estimate of drug-likeness (QED) is 0.245. The van der Waals surface area contributed by atoms with E-state index in [0.717, 1.165) is 5.56 Å². The lowest BCUT2D eigenvalue weighted by Gasteiger charge is -2.09. The van der Waals surface area contributed by atoms with E-state index in [4.69, 9.17) is 0 Å². The van der Waals surface area contributed by atoms with E-state index in [2.05, 4.69) is 31.0 Å². The highest BCUT2D eigenvalue weighted by Gasteiger charge is 2.16. The molecule has 11 heteroatoms. The van der Waals surface area contributed by atoms with Crippen molar-refractivity contribution in [1.82, 2.24) is 25.1 Å². The van der Waals surface area contributed by atoms with Crippen molar-refractivity contribution in [2.24, 2.45) is 0 Å². The first kappa shape index (κ1) is 23.3. The highest BCUT2D eigenvalue weighted by Crippen LogP contribution is 2.15. The van der Waals surface area contributed by atoms with Crippen LogP contribution in [-0.2, 0) is 6.54 Å². The second kappa shape index (κ2) is 10.0. The van der Waals surface area contributed by atoms with E-state index in [-0.39, 0.29) is 23.7 Å². The second-order valence-electron chi connectivity index (χ2n) is 8.09. The molecule has 2 heterocycles. The fourth-order valence-electron chi connectivity index (χ4n) is 3.75. The summed E-state index contributed by atoms with van der Waals surface area (Å²) in [5.74, 6) is -0.630. The molecule has 2 aromatic heterocycles. The number of rotatable bonds is 6. The Bertz CT molecular complexity index is 1720. The number of H-pyrrole nitrogens is 2. The first-order valence-corrected chi connectivity index (χ1v) is 11.3. The maximum absolute atomic E-state index is 13.0. The second-order valence-corrected chi connectivity index (χ2v) is 8.09.